The molecule has 0 aliphatic heterocycles. The maximum Gasteiger partial charge on any atom is 0.293 e. The fraction of sp³-hybridized carbons (Fsp3) is 0.238. The Labute approximate surface area is 152 Å². The quantitative estimate of drug-likeness (QED) is 0.812. The first-order valence-corrected chi connectivity index (χ1v) is 8.30. The average Bonchev–Trinajstić information content (AvgIpc) is 2.65. The van der Waals surface area contributed by atoms with Crippen molar-refractivity contribution in [2.24, 2.45) is 0 Å². The number of hydrogen-bond donors (Lipinski definition) is 1. The van der Waals surface area contributed by atoms with E-state index in [1.807, 2.05) is 44.2 Å². The normalized spacial score (nSPS) is 11.1. The minimum atomic E-state index is -1.18. The lowest BCUT2D eigenvalue weighted by molar-refractivity contribution is -0.135. The van der Waals surface area contributed by atoms with Crippen LogP contribution >= 0.6 is 0 Å². The number of amides is 1. The van der Waals surface area contributed by atoms with Crippen LogP contribution in [0.15, 0.2) is 42.5 Å². The molecule has 0 aliphatic rings. The number of rotatable bonds is 6. The van der Waals surface area contributed by atoms with Gasteiger partial charge in [0.25, 0.3) is 5.91 Å². The summed E-state index contributed by atoms with van der Waals surface area (Å²) < 4.78 is 0. The molecule has 2 aromatic carbocycles. The van der Waals surface area contributed by atoms with E-state index in [-0.39, 0.29) is 6.42 Å². The van der Waals surface area contributed by atoms with Crippen molar-refractivity contribution in [1.82, 2.24) is 0 Å². The number of para-hydroxylation sites is 1. The minimum Gasteiger partial charge on any atom is -0.319 e. The van der Waals surface area contributed by atoms with Gasteiger partial charge in [-0.2, -0.15) is 10.5 Å². The van der Waals surface area contributed by atoms with Crippen LogP contribution in [0.25, 0.3) is 0 Å². The standard InChI is InChI=1S/C21H19N3O2/c1-3-16-6-4-5-14(2)19(16)24-21(26)20(25)18(13-23)17-9-7-15(8-10-17)11-12-22/h4-10,18H,3,11H2,1-2H3,(H,24,26)/t18-/m0/s1. The fourth-order valence-corrected chi connectivity index (χ4v) is 2.71. The molecular formula is C21H19N3O2. The van der Waals surface area contributed by atoms with E-state index in [0.717, 1.165) is 16.7 Å². The van der Waals surface area contributed by atoms with Gasteiger partial charge in [-0.15, -0.1) is 0 Å². The summed E-state index contributed by atoms with van der Waals surface area (Å²) in [5, 5.41) is 20.8. The molecule has 0 unspecified atom stereocenters. The van der Waals surface area contributed by atoms with Crippen LogP contribution in [0, 0.1) is 29.6 Å². The summed E-state index contributed by atoms with van der Waals surface area (Å²) in [5.74, 6) is -2.78. The molecule has 26 heavy (non-hydrogen) atoms. The molecule has 5 heteroatoms. The van der Waals surface area contributed by atoms with Crippen LogP contribution in [-0.2, 0) is 22.4 Å². The smallest absolute Gasteiger partial charge is 0.293 e. The third kappa shape index (κ3) is 4.15. The highest BCUT2D eigenvalue weighted by Crippen LogP contribution is 2.23. The van der Waals surface area contributed by atoms with Gasteiger partial charge < -0.3 is 5.32 Å². The Bertz CT molecular complexity index is 902. The average molecular weight is 345 g/mol. The van der Waals surface area contributed by atoms with Crippen molar-refractivity contribution >= 4 is 17.4 Å². The van der Waals surface area contributed by atoms with Crippen LogP contribution in [0.3, 0.4) is 0 Å². The van der Waals surface area contributed by atoms with Crippen molar-refractivity contribution in [3.05, 3.63) is 64.7 Å². The molecule has 0 aromatic heterocycles. The molecule has 0 spiro atoms. The van der Waals surface area contributed by atoms with Crippen molar-refractivity contribution in [2.75, 3.05) is 5.32 Å². The number of aryl methyl sites for hydroxylation is 2. The van der Waals surface area contributed by atoms with E-state index in [1.54, 1.807) is 24.3 Å². The second-order valence-electron chi connectivity index (χ2n) is 5.92. The number of carbonyl (C=O) groups excluding carboxylic acids is 2. The third-order valence-electron chi connectivity index (χ3n) is 4.19. The van der Waals surface area contributed by atoms with Crippen LogP contribution in [0.2, 0.25) is 0 Å². The van der Waals surface area contributed by atoms with E-state index in [4.69, 9.17) is 5.26 Å². The summed E-state index contributed by atoms with van der Waals surface area (Å²) in [6.45, 7) is 3.82. The minimum absolute atomic E-state index is 0.249. The Morgan fingerprint density at radius 1 is 1.12 bits per heavy atom. The van der Waals surface area contributed by atoms with Gasteiger partial charge in [0, 0.05) is 5.69 Å². The first kappa shape index (κ1) is 18.9. The zero-order valence-electron chi connectivity index (χ0n) is 14.7. The molecule has 0 fully saturated rings. The molecule has 0 radical (unpaired) electrons. The first-order chi connectivity index (χ1) is 12.5. The van der Waals surface area contributed by atoms with E-state index in [2.05, 4.69) is 5.32 Å². The Balaban J connectivity index is 2.22. The van der Waals surface area contributed by atoms with Gasteiger partial charge in [0.05, 0.1) is 18.6 Å². The molecule has 0 saturated carbocycles. The van der Waals surface area contributed by atoms with Crippen molar-refractivity contribution in [3.63, 3.8) is 0 Å². The Morgan fingerprint density at radius 3 is 2.38 bits per heavy atom. The zero-order valence-corrected chi connectivity index (χ0v) is 14.7. The molecule has 1 amide bonds. The maximum atomic E-state index is 12.5. The summed E-state index contributed by atoms with van der Waals surface area (Å²) in [6.07, 6.45) is 0.965. The first-order valence-electron chi connectivity index (χ1n) is 8.30. The molecule has 1 N–H and O–H groups in total. The molecule has 0 aliphatic carbocycles. The Morgan fingerprint density at radius 2 is 1.81 bits per heavy atom. The van der Waals surface area contributed by atoms with Crippen LogP contribution in [0.4, 0.5) is 5.69 Å². The molecular weight excluding hydrogens is 326 g/mol. The largest absolute Gasteiger partial charge is 0.319 e. The van der Waals surface area contributed by atoms with Crippen LogP contribution in [-0.4, -0.2) is 11.7 Å². The number of carbonyl (C=O) groups is 2. The molecule has 5 nitrogen and oxygen atoms in total. The number of nitrogens with one attached hydrogen (secondary N) is 1. The zero-order chi connectivity index (χ0) is 19.1. The van der Waals surface area contributed by atoms with Crippen molar-refractivity contribution in [1.29, 1.82) is 10.5 Å². The van der Waals surface area contributed by atoms with Gasteiger partial charge in [-0.1, -0.05) is 49.4 Å². The SMILES string of the molecule is CCc1cccc(C)c1NC(=O)C(=O)[C@@H](C#N)c1ccc(CC#N)cc1. The summed E-state index contributed by atoms with van der Waals surface area (Å²) in [5.41, 5.74) is 3.64. The van der Waals surface area contributed by atoms with Gasteiger partial charge in [0.1, 0.15) is 5.92 Å². The van der Waals surface area contributed by atoms with Gasteiger partial charge in [-0.3, -0.25) is 9.59 Å². The molecule has 130 valence electrons. The Hall–Kier alpha value is -3.44. The summed E-state index contributed by atoms with van der Waals surface area (Å²) in [4.78, 5) is 24.9. The second-order valence-corrected chi connectivity index (χ2v) is 5.92. The molecule has 2 aromatic rings. The fourth-order valence-electron chi connectivity index (χ4n) is 2.71. The highest BCUT2D eigenvalue weighted by Gasteiger charge is 2.27. The van der Waals surface area contributed by atoms with Crippen molar-refractivity contribution < 1.29 is 9.59 Å². The van der Waals surface area contributed by atoms with Gasteiger partial charge in [0.15, 0.2) is 0 Å². The van der Waals surface area contributed by atoms with Gasteiger partial charge >= 0.3 is 0 Å². The number of nitriles is 2. The van der Waals surface area contributed by atoms with E-state index in [1.165, 1.54) is 0 Å². The molecule has 2 rings (SSSR count). The van der Waals surface area contributed by atoms with Crippen molar-refractivity contribution in [3.8, 4) is 12.1 Å². The van der Waals surface area contributed by atoms with E-state index < -0.39 is 17.6 Å². The topological polar surface area (TPSA) is 93.8 Å². The predicted octanol–water partition coefficient (Wildman–Crippen LogP) is 3.44. The Kier molecular flexibility index (Phi) is 6.25. The number of Topliss-reactive ketones (excluding diaryl/α,β-unsaturated/α-hetero) is 1. The molecule has 0 bridgehead atoms. The lowest BCUT2D eigenvalue weighted by atomic mass is 9.94. The molecule has 0 heterocycles. The van der Waals surface area contributed by atoms with Gasteiger partial charge in [-0.25, -0.2) is 0 Å². The van der Waals surface area contributed by atoms with Crippen LogP contribution in [0.5, 0.6) is 0 Å². The van der Waals surface area contributed by atoms with E-state index >= 15 is 0 Å². The number of hydrogen-bond acceptors (Lipinski definition) is 4. The summed E-state index contributed by atoms with van der Waals surface area (Å²) >= 11 is 0. The highest BCUT2D eigenvalue weighted by atomic mass is 16.2. The van der Waals surface area contributed by atoms with Gasteiger partial charge in [-0.05, 0) is 35.6 Å². The van der Waals surface area contributed by atoms with Crippen molar-refractivity contribution in [2.45, 2.75) is 32.6 Å². The van der Waals surface area contributed by atoms with E-state index in [0.29, 0.717) is 17.7 Å². The molecule has 0 saturated heterocycles. The molecule has 1 atom stereocenters. The van der Waals surface area contributed by atoms with Gasteiger partial charge in [0.2, 0.25) is 5.78 Å². The van der Waals surface area contributed by atoms with E-state index in [9.17, 15) is 14.9 Å². The number of anilines is 1. The lowest BCUT2D eigenvalue weighted by Gasteiger charge is -2.14. The third-order valence-corrected chi connectivity index (χ3v) is 4.19. The monoisotopic (exact) mass is 345 g/mol. The number of benzene rings is 2. The summed E-state index contributed by atoms with van der Waals surface area (Å²) in [7, 11) is 0. The lowest BCUT2D eigenvalue weighted by Crippen LogP contribution is -2.28. The number of ketones is 1. The van der Waals surface area contributed by atoms with Crippen LogP contribution in [0.1, 0.15) is 35.1 Å². The second kappa shape index (κ2) is 8.60. The summed E-state index contributed by atoms with van der Waals surface area (Å²) in [6, 6.07) is 16.2. The maximum absolute atomic E-state index is 12.5. The highest BCUT2D eigenvalue weighted by molar-refractivity contribution is 6.43. The number of nitrogens with zero attached hydrogens (tertiary/aromatic N) is 2. The van der Waals surface area contributed by atoms with Crippen LogP contribution < -0.4 is 5.32 Å². The predicted molar refractivity (Wildman–Crippen MR) is 98.3 cm³/mol.